The molecule has 0 aromatic heterocycles. The molecule has 1 aromatic carbocycles. The Morgan fingerprint density at radius 3 is 2.74 bits per heavy atom. The second-order valence-corrected chi connectivity index (χ2v) is 5.46. The van der Waals surface area contributed by atoms with Gasteiger partial charge in [0.15, 0.2) is 0 Å². The van der Waals surface area contributed by atoms with E-state index in [9.17, 15) is 13.2 Å². The molecule has 0 aliphatic rings. The molecule has 106 valence electrons. The maximum absolute atomic E-state index is 12.0. The number of nitrogens with one attached hydrogen (secondary N) is 1. The lowest BCUT2D eigenvalue weighted by Crippen LogP contribution is -2.27. The van der Waals surface area contributed by atoms with Crippen molar-refractivity contribution in [1.82, 2.24) is 4.72 Å². The van der Waals surface area contributed by atoms with Gasteiger partial charge >= 0.3 is 5.97 Å². The van der Waals surface area contributed by atoms with Crippen LogP contribution in [0, 0.1) is 0 Å². The third-order valence-electron chi connectivity index (χ3n) is 2.33. The topological polar surface area (TPSA) is 119 Å². The van der Waals surface area contributed by atoms with Crippen LogP contribution in [0.5, 0.6) is 0 Å². The van der Waals surface area contributed by atoms with Gasteiger partial charge in [-0.2, -0.15) is 0 Å². The average Bonchev–Trinajstić information content (AvgIpc) is 2.37. The highest BCUT2D eigenvalue weighted by Crippen LogP contribution is 2.19. The van der Waals surface area contributed by atoms with E-state index in [-0.39, 0.29) is 35.7 Å². The number of aliphatic hydroxyl groups is 1. The standard InChI is InChI=1S/C11H16N2O5S/c1-18-11(15)9-7-8(12)3-4-10(9)19(16,17)13-5-2-6-14/h3-4,7,13-14H,2,5-6,12H2,1H3. The van der Waals surface area contributed by atoms with Gasteiger partial charge in [0.05, 0.1) is 17.6 Å². The summed E-state index contributed by atoms with van der Waals surface area (Å²) in [6.45, 7) is -0.0576. The van der Waals surface area contributed by atoms with Gasteiger partial charge in [-0.3, -0.25) is 0 Å². The molecule has 1 aromatic rings. The lowest BCUT2D eigenvalue weighted by molar-refractivity contribution is 0.0596. The molecule has 0 saturated heterocycles. The van der Waals surface area contributed by atoms with E-state index in [2.05, 4.69) is 9.46 Å². The molecule has 0 aliphatic carbocycles. The van der Waals surface area contributed by atoms with Crippen molar-refractivity contribution < 1.29 is 23.1 Å². The largest absolute Gasteiger partial charge is 0.465 e. The number of methoxy groups -OCH3 is 1. The second kappa shape index (κ2) is 6.50. The Hall–Kier alpha value is -1.64. The van der Waals surface area contributed by atoms with E-state index < -0.39 is 16.0 Å². The number of sulfonamides is 1. The minimum Gasteiger partial charge on any atom is -0.465 e. The highest BCUT2D eigenvalue weighted by molar-refractivity contribution is 7.89. The van der Waals surface area contributed by atoms with Crippen LogP contribution in [0.2, 0.25) is 0 Å². The maximum atomic E-state index is 12.0. The number of hydrogen-bond acceptors (Lipinski definition) is 6. The molecule has 8 heteroatoms. The lowest BCUT2D eigenvalue weighted by atomic mass is 10.2. The number of carbonyl (C=O) groups excluding carboxylic acids is 1. The van der Waals surface area contributed by atoms with Crippen LogP contribution in [-0.2, 0) is 14.8 Å². The SMILES string of the molecule is COC(=O)c1cc(N)ccc1S(=O)(=O)NCCCO. The van der Waals surface area contributed by atoms with Crippen LogP contribution in [0.1, 0.15) is 16.8 Å². The molecule has 0 bridgehead atoms. The minimum absolute atomic E-state index is 0.0732. The van der Waals surface area contributed by atoms with Crippen LogP contribution in [-0.4, -0.2) is 39.8 Å². The number of rotatable bonds is 6. The molecule has 0 unspecified atom stereocenters. The monoisotopic (exact) mass is 288 g/mol. The molecule has 0 amide bonds. The molecular weight excluding hydrogens is 272 g/mol. The van der Waals surface area contributed by atoms with Gasteiger partial charge in [-0.05, 0) is 24.6 Å². The predicted octanol–water partition coefficient (Wildman–Crippen LogP) is -0.284. The van der Waals surface area contributed by atoms with E-state index in [1.54, 1.807) is 0 Å². The first-order valence-electron chi connectivity index (χ1n) is 5.50. The first-order chi connectivity index (χ1) is 8.92. The molecule has 0 radical (unpaired) electrons. The molecule has 0 fully saturated rings. The highest BCUT2D eigenvalue weighted by Gasteiger charge is 2.22. The number of benzene rings is 1. The Morgan fingerprint density at radius 2 is 2.16 bits per heavy atom. The first kappa shape index (κ1) is 15.4. The van der Waals surface area contributed by atoms with Gasteiger partial charge in [0.2, 0.25) is 10.0 Å². The molecule has 19 heavy (non-hydrogen) atoms. The van der Waals surface area contributed by atoms with Gasteiger partial charge in [-0.15, -0.1) is 0 Å². The fraction of sp³-hybridized carbons (Fsp3) is 0.364. The minimum atomic E-state index is -3.85. The summed E-state index contributed by atoms with van der Waals surface area (Å²) in [6.07, 6.45) is 0.280. The van der Waals surface area contributed by atoms with E-state index in [0.29, 0.717) is 0 Å². The van der Waals surface area contributed by atoms with E-state index in [0.717, 1.165) is 7.11 Å². The van der Waals surface area contributed by atoms with Gasteiger partial charge in [-0.25, -0.2) is 17.9 Å². The van der Waals surface area contributed by atoms with Crippen molar-refractivity contribution in [2.45, 2.75) is 11.3 Å². The van der Waals surface area contributed by atoms with Gasteiger partial charge in [0.1, 0.15) is 0 Å². The normalized spacial score (nSPS) is 11.3. The summed E-state index contributed by atoms with van der Waals surface area (Å²) in [5.41, 5.74) is 5.66. The summed E-state index contributed by atoms with van der Waals surface area (Å²) in [7, 11) is -2.70. The van der Waals surface area contributed by atoms with Crippen LogP contribution >= 0.6 is 0 Å². The molecule has 7 nitrogen and oxygen atoms in total. The Morgan fingerprint density at radius 1 is 1.47 bits per heavy atom. The van der Waals surface area contributed by atoms with E-state index in [4.69, 9.17) is 10.8 Å². The molecule has 1 rings (SSSR count). The number of hydrogen-bond donors (Lipinski definition) is 3. The fourth-order valence-corrected chi connectivity index (χ4v) is 2.66. The Balaban J connectivity index is 3.15. The molecule has 0 heterocycles. The van der Waals surface area contributed by atoms with Gasteiger partial charge < -0.3 is 15.6 Å². The number of nitrogen functional groups attached to an aromatic ring is 1. The second-order valence-electron chi connectivity index (χ2n) is 3.72. The van der Waals surface area contributed by atoms with Crippen molar-refractivity contribution in [2.24, 2.45) is 0 Å². The number of esters is 1. The molecule has 0 aliphatic heterocycles. The molecular formula is C11H16N2O5S. The van der Waals surface area contributed by atoms with Gasteiger partial charge in [-0.1, -0.05) is 0 Å². The third-order valence-corrected chi connectivity index (χ3v) is 3.84. The van der Waals surface area contributed by atoms with Crippen molar-refractivity contribution in [3.8, 4) is 0 Å². The average molecular weight is 288 g/mol. The number of anilines is 1. The van der Waals surface area contributed by atoms with Crippen LogP contribution in [0.3, 0.4) is 0 Å². The van der Waals surface area contributed by atoms with Crippen LogP contribution in [0.15, 0.2) is 23.1 Å². The number of carbonyl (C=O) groups is 1. The summed E-state index contributed by atoms with van der Waals surface area (Å²) >= 11 is 0. The Labute approximate surface area is 111 Å². The number of aliphatic hydroxyl groups excluding tert-OH is 1. The summed E-state index contributed by atoms with van der Waals surface area (Å²) < 4.78 is 30.8. The summed E-state index contributed by atoms with van der Waals surface area (Å²) in [5, 5.41) is 8.63. The third kappa shape index (κ3) is 3.91. The quantitative estimate of drug-likeness (QED) is 0.376. The van der Waals surface area contributed by atoms with Crippen molar-refractivity contribution in [3.63, 3.8) is 0 Å². The molecule has 0 saturated carbocycles. The molecule has 0 spiro atoms. The summed E-state index contributed by atoms with van der Waals surface area (Å²) in [5.74, 6) is -0.783. The predicted molar refractivity (Wildman–Crippen MR) is 69.1 cm³/mol. The van der Waals surface area contributed by atoms with E-state index >= 15 is 0 Å². The van der Waals surface area contributed by atoms with E-state index in [1.807, 2.05) is 0 Å². The van der Waals surface area contributed by atoms with Crippen molar-refractivity contribution >= 4 is 21.7 Å². The van der Waals surface area contributed by atoms with Crippen molar-refractivity contribution in [3.05, 3.63) is 23.8 Å². The zero-order valence-corrected chi connectivity index (χ0v) is 11.2. The van der Waals surface area contributed by atoms with Crippen LogP contribution < -0.4 is 10.5 Å². The smallest absolute Gasteiger partial charge is 0.339 e. The molecule has 4 N–H and O–H groups in total. The Kier molecular flexibility index (Phi) is 5.28. The summed E-state index contributed by atoms with van der Waals surface area (Å²) in [4.78, 5) is 11.4. The van der Waals surface area contributed by atoms with E-state index in [1.165, 1.54) is 18.2 Å². The first-order valence-corrected chi connectivity index (χ1v) is 6.99. The number of nitrogens with two attached hydrogens (primary N) is 1. The van der Waals surface area contributed by atoms with Crippen LogP contribution in [0.4, 0.5) is 5.69 Å². The van der Waals surface area contributed by atoms with Gasteiger partial charge in [0, 0.05) is 18.8 Å². The van der Waals surface area contributed by atoms with Crippen molar-refractivity contribution in [2.75, 3.05) is 26.0 Å². The van der Waals surface area contributed by atoms with Gasteiger partial charge in [0.25, 0.3) is 0 Å². The fourth-order valence-electron chi connectivity index (χ4n) is 1.41. The maximum Gasteiger partial charge on any atom is 0.339 e. The highest BCUT2D eigenvalue weighted by atomic mass is 32.2. The lowest BCUT2D eigenvalue weighted by Gasteiger charge is -2.10. The van der Waals surface area contributed by atoms with Crippen molar-refractivity contribution in [1.29, 1.82) is 0 Å². The summed E-state index contributed by atoms with van der Waals surface area (Å²) in [6, 6.07) is 3.86. The zero-order valence-electron chi connectivity index (χ0n) is 10.4. The zero-order chi connectivity index (χ0) is 14.5. The number of ether oxygens (including phenoxy) is 1. The Bertz CT molecular complexity index is 556. The molecule has 0 atom stereocenters. The van der Waals surface area contributed by atoms with Crippen LogP contribution in [0.25, 0.3) is 0 Å².